The standard InChI is InChI=1S/C16H24N2O/c1-16(2,3)13-9-10-18(11-13)15(19)14(17)12-7-5-4-6-8-12/h4-8,13-14H,9-11,17H2,1-3H3/t13?,14-/m0/s1. The topological polar surface area (TPSA) is 46.3 Å². The van der Waals surface area contributed by atoms with Crippen LogP contribution in [0.1, 0.15) is 38.8 Å². The fourth-order valence-electron chi connectivity index (χ4n) is 2.67. The number of likely N-dealkylation sites (tertiary alicyclic amines) is 1. The van der Waals surface area contributed by atoms with Gasteiger partial charge in [-0.2, -0.15) is 0 Å². The van der Waals surface area contributed by atoms with E-state index in [9.17, 15) is 4.79 Å². The van der Waals surface area contributed by atoms with E-state index in [4.69, 9.17) is 5.73 Å². The van der Waals surface area contributed by atoms with Gasteiger partial charge < -0.3 is 10.6 Å². The Kier molecular flexibility index (Phi) is 3.95. The van der Waals surface area contributed by atoms with Gasteiger partial charge in [0.2, 0.25) is 5.91 Å². The Morgan fingerprint density at radius 1 is 1.32 bits per heavy atom. The van der Waals surface area contributed by atoms with Gasteiger partial charge in [-0.05, 0) is 23.3 Å². The molecule has 1 unspecified atom stereocenters. The van der Waals surface area contributed by atoms with Gasteiger partial charge in [0.1, 0.15) is 6.04 Å². The number of nitrogens with two attached hydrogens (primary N) is 1. The molecule has 0 spiro atoms. The summed E-state index contributed by atoms with van der Waals surface area (Å²) in [5.74, 6) is 0.623. The van der Waals surface area contributed by atoms with Crippen molar-refractivity contribution in [1.29, 1.82) is 0 Å². The molecular weight excluding hydrogens is 236 g/mol. The molecule has 3 nitrogen and oxygen atoms in total. The number of hydrogen-bond acceptors (Lipinski definition) is 2. The number of carbonyl (C=O) groups is 1. The van der Waals surface area contributed by atoms with E-state index in [2.05, 4.69) is 20.8 Å². The van der Waals surface area contributed by atoms with Crippen LogP contribution in [0.4, 0.5) is 0 Å². The number of benzene rings is 1. The maximum absolute atomic E-state index is 12.4. The molecule has 0 radical (unpaired) electrons. The molecule has 0 saturated carbocycles. The Morgan fingerprint density at radius 3 is 2.47 bits per heavy atom. The van der Waals surface area contributed by atoms with Gasteiger partial charge >= 0.3 is 0 Å². The predicted molar refractivity (Wildman–Crippen MR) is 77.5 cm³/mol. The lowest BCUT2D eigenvalue weighted by atomic mass is 9.80. The summed E-state index contributed by atoms with van der Waals surface area (Å²) in [7, 11) is 0. The van der Waals surface area contributed by atoms with Gasteiger partial charge in [0.25, 0.3) is 0 Å². The minimum Gasteiger partial charge on any atom is -0.341 e. The number of nitrogens with zero attached hydrogens (tertiary/aromatic N) is 1. The molecule has 19 heavy (non-hydrogen) atoms. The first-order valence-electron chi connectivity index (χ1n) is 6.99. The highest BCUT2D eigenvalue weighted by Crippen LogP contribution is 2.34. The normalized spacial score (nSPS) is 21.5. The molecule has 1 amide bonds. The zero-order valence-corrected chi connectivity index (χ0v) is 12.1. The predicted octanol–water partition coefficient (Wildman–Crippen LogP) is 2.58. The summed E-state index contributed by atoms with van der Waals surface area (Å²) < 4.78 is 0. The Labute approximate surface area is 115 Å². The number of rotatable bonds is 2. The zero-order valence-electron chi connectivity index (χ0n) is 12.1. The van der Waals surface area contributed by atoms with Gasteiger partial charge in [0.15, 0.2) is 0 Å². The van der Waals surface area contributed by atoms with Crippen LogP contribution in [0.5, 0.6) is 0 Å². The van der Waals surface area contributed by atoms with Gasteiger partial charge in [0, 0.05) is 13.1 Å². The molecule has 2 atom stereocenters. The third kappa shape index (κ3) is 3.16. The Bertz CT molecular complexity index is 436. The second kappa shape index (κ2) is 5.33. The molecule has 0 aliphatic carbocycles. The van der Waals surface area contributed by atoms with Gasteiger partial charge in [-0.25, -0.2) is 0 Å². The summed E-state index contributed by atoms with van der Waals surface area (Å²) in [5, 5.41) is 0. The van der Waals surface area contributed by atoms with Crippen molar-refractivity contribution < 1.29 is 4.79 Å². The average Bonchev–Trinajstić information content (AvgIpc) is 2.87. The molecule has 0 bridgehead atoms. The lowest BCUT2D eigenvalue weighted by molar-refractivity contribution is -0.131. The number of carbonyl (C=O) groups excluding carboxylic acids is 1. The monoisotopic (exact) mass is 260 g/mol. The summed E-state index contributed by atoms with van der Waals surface area (Å²) >= 11 is 0. The second-order valence-electron chi connectivity index (χ2n) is 6.52. The van der Waals surface area contributed by atoms with E-state index in [1.807, 2.05) is 35.2 Å². The fraction of sp³-hybridized carbons (Fsp3) is 0.562. The largest absolute Gasteiger partial charge is 0.341 e. The Hall–Kier alpha value is -1.35. The van der Waals surface area contributed by atoms with Crippen molar-refractivity contribution >= 4 is 5.91 Å². The van der Waals surface area contributed by atoms with Crippen molar-refractivity contribution in [1.82, 2.24) is 4.90 Å². The molecule has 2 rings (SSSR count). The lowest BCUT2D eigenvalue weighted by Crippen LogP contribution is -2.38. The molecule has 3 heteroatoms. The molecule has 104 valence electrons. The molecular formula is C16H24N2O. The number of hydrogen-bond donors (Lipinski definition) is 1. The van der Waals surface area contributed by atoms with Crippen LogP contribution in [-0.4, -0.2) is 23.9 Å². The minimum atomic E-state index is -0.528. The highest BCUT2D eigenvalue weighted by atomic mass is 16.2. The molecule has 2 N–H and O–H groups in total. The first kappa shape index (κ1) is 14.1. The van der Waals surface area contributed by atoms with Crippen molar-refractivity contribution in [2.75, 3.05) is 13.1 Å². The van der Waals surface area contributed by atoms with Crippen LogP contribution in [0.15, 0.2) is 30.3 Å². The Morgan fingerprint density at radius 2 is 1.95 bits per heavy atom. The van der Waals surface area contributed by atoms with Crippen LogP contribution >= 0.6 is 0 Å². The highest BCUT2D eigenvalue weighted by Gasteiger charge is 2.35. The summed E-state index contributed by atoms with van der Waals surface area (Å²) in [4.78, 5) is 14.3. The van der Waals surface area contributed by atoms with Crippen LogP contribution in [0, 0.1) is 11.3 Å². The highest BCUT2D eigenvalue weighted by molar-refractivity contribution is 5.83. The van der Waals surface area contributed by atoms with Crippen LogP contribution in [0.3, 0.4) is 0 Å². The zero-order chi connectivity index (χ0) is 14.0. The summed E-state index contributed by atoms with van der Waals surface area (Å²) in [6.07, 6.45) is 1.08. The average molecular weight is 260 g/mol. The maximum Gasteiger partial charge on any atom is 0.244 e. The number of amides is 1. The molecule has 1 aliphatic heterocycles. The quantitative estimate of drug-likeness (QED) is 0.888. The SMILES string of the molecule is CC(C)(C)C1CCN(C(=O)[C@@H](N)c2ccccc2)C1. The van der Waals surface area contributed by atoms with Crippen LogP contribution in [0.25, 0.3) is 0 Å². The molecule has 1 aliphatic rings. The van der Waals surface area contributed by atoms with Crippen molar-refractivity contribution in [2.24, 2.45) is 17.1 Å². The van der Waals surface area contributed by atoms with E-state index in [1.165, 1.54) is 0 Å². The minimum absolute atomic E-state index is 0.0537. The van der Waals surface area contributed by atoms with E-state index in [1.54, 1.807) is 0 Å². The van der Waals surface area contributed by atoms with Crippen molar-refractivity contribution in [3.63, 3.8) is 0 Å². The lowest BCUT2D eigenvalue weighted by Gasteiger charge is -2.27. The van der Waals surface area contributed by atoms with Crippen LogP contribution < -0.4 is 5.73 Å². The molecule has 1 aromatic rings. The molecule has 1 fully saturated rings. The van der Waals surface area contributed by atoms with E-state index >= 15 is 0 Å². The third-order valence-electron chi connectivity index (χ3n) is 4.15. The van der Waals surface area contributed by atoms with E-state index < -0.39 is 6.04 Å². The molecule has 0 aromatic heterocycles. The summed E-state index contributed by atoms with van der Waals surface area (Å²) in [6, 6.07) is 9.08. The first-order valence-corrected chi connectivity index (χ1v) is 6.99. The smallest absolute Gasteiger partial charge is 0.244 e. The van der Waals surface area contributed by atoms with E-state index in [0.29, 0.717) is 5.92 Å². The van der Waals surface area contributed by atoms with Crippen molar-refractivity contribution in [2.45, 2.75) is 33.2 Å². The van der Waals surface area contributed by atoms with Crippen molar-refractivity contribution in [3.8, 4) is 0 Å². The summed E-state index contributed by atoms with van der Waals surface area (Å²) in [5.41, 5.74) is 7.23. The third-order valence-corrected chi connectivity index (χ3v) is 4.15. The van der Waals surface area contributed by atoms with Gasteiger partial charge in [-0.15, -0.1) is 0 Å². The fourth-order valence-corrected chi connectivity index (χ4v) is 2.67. The van der Waals surface area contributed by atoms with Crippen LogP contribution in [0.2, 0.25) is 0 Å². The molecule has 1 saturated heterocycles. The first-order chi connectivity index (χ1) is 8.89. The molecule has 1 aromatic carbocycles. The van der Waals surface area contributed by atoms with E-state index in [0.717, 1.165) is 25.1 Å². The van der Waals surface area contributed by atoms with Gasteiger partial charge in [0.05, 0.1) is 0 Å². The van der Waals surface area contributed by atoms with Gasteiger partial charge in [-0.3, -0.25) is 4.79 Å². The Balaban J connectivity index is 2.02. The second-order valence-corrected chi connectivity index (χ2v) is 6.52. The summed E-state index contributed by atoms with van der Waals surface area (Å²) in [6.45, 7) is 8.39. The van der Waals surface area contributed by atoms with E-state index in [-0.39, 0.29) is 11.3 Å². The molecule has 1 heterocycles. The maximum atomic E-state index is 12.4. The van der Waals surface area contributed by atoms with Crippen LogP contribution in [-0.2, 0) is 4.79 Å². The van der Waals surface area contributed by atoms with Gasteiger partial charge in [-0.1, -0.05) is 51.1 Å². The van der Waals surface area contributed by atoms with Crippen molar-refractivity contribution in [3.05, 3.63) is 35.9 Å².